The van der Waals surface area contributed by atoms with Gasteiger partial charge in [0.05, 0.1) is 6.61 Å². The van der Waals surface area contributed by atoms with Crippen LogP contribution in [-0.4, -0.2) is 48.0 Å². The molecule has 36 heavy (non-hydrogen) atoms. The fraction of sp³-hybridized carbons (Fsp3) is 0.483. The summed E-state index contributed by atoms with van der Waals surface area (Å²) in [5.41, 5.74) is 1.09. The normalized spacial score (nSPS) is 13.8. The Morgan fingerprint density at radius 2 is 1.64 bits per heavy atom. The van der Waals surface area contributed by atoms with E-state index in [9.17, 15) is 14.4 Å². The minimum absolute atomic E-state index is 0.162. The van der Waals surface area contributed by atoms with Gasteiger partial charge in [-0.05, 0) is 44.2 Å². The standard InChI is InChI=1S/C29H40N2O5/c1-6-22(2)26(30-28(34)36-29(3,4)5)27(33)31(25(20-32)24-16-11-8-12-17-24)18-13-19-35-21-23-14-9-7-10-15-23/h7-12,14-17,20,22,25-26H,6,13,18-19,21H2,1-5H3,(H,30,34). The van der Waals surface area contributed by atoms with E-state index < -0.39 is 23.8 Å². The second-order valence-electron chi connectivity index (χ2n) is 9.92. The lowest BCUT2D eigenvalue weighted by Crippen LogP contribution is -2.53. The highest BCUT2D eigenvalue weighted by molar-refractivity contribution is 5.88. The van der Waals surface area contributed by atoms with E-state index in [0.29, 0.717) is 38.2 Å². The Labute approximate surface area is 215 Å². The molecule has 0 aliphatic heterocycles. The number of carbonyl (C=O) groups is 3. The first-order valence-electron chi connectivity index (χ1n) is 12.6. The molecular formula is C29H40N2O5. The summed E-state index contributed by atoms with van der Waals surface area (Å²) in [5, 5.41) is 2.76. The number of aldehydes is 1. The van der Waals surface area contributed by atoms with Gasteiger partial charge in [-0.25, -0.2) is 4.79 Å². The predicted molar refractivity (Wildman–Crippen MR) is 140 cm³/mol. The molecule has 0 saturated heterocycles. The first-order valence-corrected chi connectivity index (χ1v) is 12.6. The molecule has 2 aromatic carbocycles. The van der Waals surface area contributed by atoms with E-state index in [4.69, 9.17) is 9.47 Å². The molecule has 196 valence electrons. The van der Waals surface area contributed by atoms with E-state index >= 15 is 0 Å². The Morgan fingerprint density at radius 1 is 1.03 bits per heavy atom. The number of hydrogen-bond donors (Lipinski definition) is 1. The first kappa shape index (κ1) is 29.0. The third kappa shape index (κ3) is 9.46. The van der Waals surface area contributed by atoms with E-state index in [1.54, 1.807) is 25.7 Å². The van der Waals surface area contributed by atoms with Gasteiger partial charge in [-0.3, -0.25) is 4.79 Å². The summed E-state index contributed by atoms with van der Waals surface area (Å²) in [7, 11) is 0. The minimum Gasteiger partial charge on any atom is -0.444 e. The summed E-state index contributed by atoms with van der Waals surface area (Å²) >= 11 is 0. The quantitative estimate of drug-likeness (QED) is 0.300. The van der Waals surface area contributed by atoms with E-state index in [-0.39, 0.29) is 11.8 Å². The van der Waals surface area contributed by atoms with Crippen LogP contribution in [0.5, 0.6) is 0 Å². The summed E-state index contributed by atoms with van der Waals surface area (Å²) in [5.74, 6) is -0.482. The second-order valence-corrected chi connectivity index (χ2v) is 9.92. The molecule has 3 atom stereocenters. The lowest BCUT2D eigenvalue weighted by molar-refractivity contribution is -0.140. The van der Waals surface area contributed by atoms with E-state index in [1.807, 2.05) is 74.5 Å². The maximum atomic E-state index is 13.9. The summed E-state index contributed by atoms with van der Waals surface area (Å²) in [6.07, 6.45) is 1.32. The van der Waals surface area contributed by atoms with Crippen molar-refractivity contribution in [1.29, 1.82) is 0 Å². The molecular weight excluding hydrogens is 456 g/mol. The van der Waals surface area contributed by atoms with Gasteiger partial charge in [0, 0.05) is 13.2 Å². The van der Waals surface area contributed by atoms with Gasteiger partial charge in [-0.1, -0.05) is 80.9 Å². The molecule has 0 saturated carbocycles. The van der Waals surface area contributed by atoms with Crippen LogP contribution >= 0.6 is 0 Å². The molecule has 7 heteroatoms. The van der Waals surface area contributed by atoms with Crippen molar-refractivity contribution in [2.45, 2.75) is 71.8 Å². The second kappa shape index (κ2) is 14.4. The number of amides is 2. The molecule has 0 aliphatic carbocycles. The monoisotopic (exact) mass is 496 g/mol. The van der Waals surface area contributed by atoms with Crippen molar-refractivity contribution in [3.8, 4) is 0 Å². The van der Waals surface area contributed by atoms with E-state index in [1.165, 1.54) is 0 Å². The Kier molecular flexibility index (Phi) is 11.6. The van der Waals surface area contributed by atoms with Crippen molar-refractivity contribution in [3.63, 3.8) is 0 Å². The number of alkyl carbamates (subject to hydrolysis) is 1. The largest absolute Gasteiger partial charge is 0.444 e. The zero-order valence-corrected chi connectivity index (χ0v) is 22.1. The van der Waals surface area contributed by atoms with Crippen LogP contribution < -0.4 is 5.32 Å². The number of carbonyl (C=O) groups excluding carboxylic acids is 3. The minimum atomic E-state index is -0.832. The molecule has 0 heterocycles. The topological polar surface area (TPSA) is 84.9 Å². The van der Waals surface area contributed by atoms with Gasteiger partial charge in [-0.15, -0.1) is 0 Å². The molecule has 2 amide bonds. The van der Waals surface area contributed by atoms with Gasteiger partial charge in [0.15, 0.2) is 0 Å². The van der Waals surface area contributed by atoms with Gasteiger partial charge < -0.3 is 24.5 Å². The zero-order valence-electron chi connectivity index (χ0n) is 22.1. The predicted octanol–water partition coefficient (Wildman–Crippen LogP) is 5.30. The van der Waals surface area contributed by atoms with Crippen molar-refractivity contribution < 1.29 is 23.9 Å². The molecule has 0 radical (unpaired) electrons. The third-order valence-electron chi connectivity index (χ3n) is 5.84. The lowest BCUT2D eigenvalue weighted by Gasteiger charge is -2.34. The van der Waals surface area contributed by atoms with Crippen molar-refractivity contribution in [1.82, 2.24) is 10.2 Å². The van der Waals surface area contributed by atoms with Gasteiger partial charge >= 0.3 is 6.09 Å². The number of benzene rings is 2. The van der Waals surface area contributed by atoms with Crippen LogP contribution in [0.1, 0.15) is 64.6 Å². The summed E-state index contributed by atoms with van der Waals surface area (Å²) in [6, 6.07) is 17.4. The zero-order chi connectivity index (χ0) is 26.6. The molecule has 0 spiro atoms. The Balaban J connectivity index is 2.20. The summed E-state index contributed by atoms with van der Waals surface area (Å²) in [4.78, 5) is 40.2. The van der Waals surface area contributed by atoms with Crippen LogP contribution in [0.2, 0.25) is 0 Å². The van der Waals surface area contributed by atoms with Crippen molar-refractivity contribution in [3.05, 3.63) is 71.8 Å². The molecule has 0 fully saturated rings. The number of rotatable bonds is 13. The van der Waals surface area contributed by atoms with Gasteiger partial charge in [0.2, 0.25) is 5.91 Å². The molecule has 3 unspecified atom stereocenters. The highest BCUT2D eigenvalue weighted by atomic mass is 16.6. The Hall–Kier alpha value is -3.19. The molecule has 2 rings (SSSR count). The highest BCUT2D eigenvalue weighted by Gasteiger charge is 2.35. The van der Waals surface area contributed by atoms with Crippen molar-refractivity contribution in [2.75, 3.05) is 13.2 Å². The lowest BCUT2D eigenvalue weighted by atomic mass is 9.96. The molecule has 0 aromatic heterocycles. The number of nitrogens with zero attached hydrogens (tertiary/aromatic N) is 1. The van der Waals surface area contributed by atoms with Crippen molar-refractivity contribution in [2.24, 2.45) is 5.92 Å². The smallest absolute Gasteiger partial charge is 0.408 e. The average molecular weight is 497 g/mol. The Morgan fingerprint density at radius 3 is 2.19 bits per heavy atom. The van der Waals surface area contributed by atoms with Crippen LogP contribution in [-0.2, 0) is 25.7 Å². The molecule has 7 nitrogen and oxygen atoms in total. The van der Waals surface area contributed by atoms with Gasteiger partial charge in [0.1, 0.15) is 24.0 Å². The van der Waals surface area contributed by atoms with Gasteiger partial charge in [0.25, 0.3) is 0 Å². The van der Waals surface area contributed by atoms with E-state index in [0.717, 1.165) is 11.8 Å². The fourth-order valence-corrected chi connectivity index (χ4v) is 3.77. The SMILES string of the molecule is CCC(C)C(NC(=O)OC(C)(C)C)C(=O)N(CCCOCc1ccccc1)C(C=O)c1ccccc1. The fourth-order valence-electron chi connectivity index (χ4n) is 3.77. The number of hydrogen-bond acceptors (Lipinski definition) is 5. The van der Waals surface area contributed by atoms with Crippen LogP contribution in [0, 0.1) is 5.92 Å². The molecule has 0 aliphatic rings. The Bertz CT molecular complexity index is 943. The number of nitrogens with one attached hydrogen (secondary N) is 1. The van der Waals surface area contributed by atoms with Crippen LogP contribution in [0.25, 0.3) is 0 Å². The van der Waals surface area contributed by atoms with Crippen LogP contribution in [0.15, 0.2) is 60.7 Å². The molecule has 1 N–H and O–H groups in total. The summed E-state index contributed by atoms with van der Waals surface area (Å²) < 4.78 is 11.2. The maximum absolute atomic E-state index is 13.9. The number of ether oxygens (including phenoxy) is 2. The van der Waals surface area contributed by atoms with Gasteiger partial charge in [-0.2, -0.15) is 0 Å². The van der Waals surface area contributed by atoms with Crippen LogP contribution in [0.3, 0.4) is 0 Å². The highest BCUT2D eigenvalue weighted by Crippen LogP contribution is 2.23. The average Bonchev–Trinajstić information content (AvgIpc) is 2.85. The third-order valence-corrected chi connectivity index (χ3v) is 5.84. The summed E-state index contributed by atoms with van der Waals surface area (Å²) in [6.45, 7) is 10.4. The van der Waals surface area contributed by atoms with Crippen molar-refractivity contribution >= 4 is 18.3 Å². The first-order chi connectivity index (χ1) is 17.2. The molecule has 2 aromatic rings. The van der Waals surface area contributed by atoms with Crippen LogP contribution in [0.4, 0.5) is 4.79 Å². The molecule has 0 bridgehead atoms. The maximum Gasteiger partial charge on any atom is 0.408 e. The van der Waals surface area contributed by atoms with E-state index in [2.05, 4.69) is 5.32 Å².